The Hall–Kier alpha value is -2.54. The van der Waals surface area contributed by atoms with Crippen molar-refractivity contribution in [3.63, 3.8) is 0 Å². The number of nitrogens with one attached hydrogen (secondary N) is 1. The summed E-state index contributed by atoms with van der Waals surface area (Å²) in [6, 6.07) is 3.52. The maximum absolute atomic E-state index is 13.8. The van der Waals surface area contributed by atoms with Gasteiger partial charge >= 0.3 is 0 Å². The van der Waals surface area contributed by atoms with Crippen LogP contribution in [0.15, 0.2) is 30.9 Å². The van der Waals surface area contributed by atoms with Gasteiger partial charge in [-0.05, 0) is 37.5 Å². The van der Waals surface area contributed by atoms with E-state index in [9.17, 15) is 13.6 Å². The molecule has 5 nitrogen and oxygen atoms in total. The molecule has 3 rings (SSSR count). The van der Waals surface area contributed by atoms with Crippen molar-refractivity contribution in [2.75, 3.05) is 14.1 Å². The summed E-state index contributed by atoms with van der Waals surface area (Å²) in [5.41, 5.74) is 2.74. The van der Waals surface area contributed by atoms with Crippen LogP contribution in [-0.2, 0) is 25.9 Å². The minimum Gasteiger partial charge on any atom is -0.343 e. The molecule has 1 aromatic heterocycles. The molecule has 0 aliphatic heterocycles. The summed E-state index contributed by atoms with van der Waals surface area (Å²) in [5.74, 6) is -1.02. The van der Waals surface area contributed by atoms with Crippen LogP contribution in [0.2, 0.25) is 0 Å². The van der Waals surface area contributed by atoms with Crippen molar-refractivity contribution in [1.82, 2.24) is 20.0 Å². The third-order valence-electron chi connectivity index (χ3n) is 4.85. The van der Waals surface area contributed by atoms with E-state index in [0.717, 1.165) is 36.2 Å². The summed E-state index contributed by atoms with van der Waals surface area (Å²) in [6.45, 7) is 4.54. The molecule has 1 aromatic carbocycles. The SMILES string of the molecule is C=CCn1nc(C(=O)N(C)C)c2c1CCC(NCc1cc(F)ccc1F)C2. The van der Waals surface area contributed by atoms with Crippen molar-refractivity contribution in [2.45, 2.75) is 38.4 Å². The van der Waals surface area contributed by atoms with Crippen molar-refractivity contribution >= 4 is 5.91 Å². The van der Waals surface area contributed by atoms with Crippen molar-refractivity contribution in [1.29, 1.82) is 0 Å². The molecule has 2 aromatic rings. The van der Waals surface area contributed by atoms with Crippen LogP contribution in [0.1, 0.15) is 33.7 Å². The number of hydrogen-bond donors (Lipinski definition) is 1. The quantitative estimate of drug-likeness (QED) is 0.791. The number of halogens is 2. The van der Waals surface area contributed by atoms with Crippen molar-refractivity contribution in [2.24, 2.45) is 0 Å². The lowest BCUT2D eigenvalue weighted by molar-refractivity contribution is 0.0820. The summed E-state index contributed by atoms with van der Waals surface area (Å²) < 4.78 is 29.0. The van der Waals surface area contributed by atoms with Crippen LogP contribution >= 0.6 is 0 Å². The Kier molecular flexibility index (Phi) is 5.70. The smallest absolute Gasteiger partial charge is 0.274 e. The number of fused-ring (bicyclic) bond motifs is 1. The highest BCUT2D eigenvalue weighted by Crippen LogP contribution is 2.26. The second-order valence-electron chi connectivity index (χ2n) is 7.00. The number of rotatable bonds is 6. The lowest BCUT2D eigenvalue weighted by Crippen LogP contribution is -2.35. The third kappa shape index (κ3) is 4.08. The molecule has 0 fully saturated rings. The zero-order chi connectivity index (χ0) is 19.6. The van der Waals surface area contributed by atoms with E-state index >= 15 is 0 Å². The van der Waals surface area contributed by atoms with Gasteiger partial charge in [-0.15, -0.1) is 6.58 Å². The second kappa shape index (κ2) is 8.00. The highest BCUT2D eigenvalue weighted by molar-refractivity contribution is 5.93. The first kappa shape index (κ1) is 19.2. The first-order valence-corrected chi connectivity index (χ1v) is 8.99. The summed E-state index contributed by atoms with van der Waals surface area (Å²) in [6.07, 6.45) is 3.98. The first-order chi connectivity index (χ1) is 12.9. The number of allylic oxidation sites excluding steroid dienone is 1. The Bertz CT molecular complexity index is 860. The molecular weight excluding hydrogens is 350 g/mol. The molecule has 27 heavy (non-hydrogen) atoms. The number of aromatic nitrogens is 2. The van der Waals surface area contributed by atoms with Gasteiger partial charge in [0.15, 0.2) is 5.69 Å². The van der Waals surface area contributed by atoms with Crippen LogP contribution in [0.5, 0.6) is 0 Å². The molecule has 7 heteroatoms. The molecular formula is C20H24F2N4O. The van der Waals surface area contributed by atoms with Crippen molar-refractivity contribution in [3.05, 3.63) is 65.0 Å². The molecule has 1 unspecified atom stereocenters. The van der Waals surface area contributed by atoms with Gasteiger partial charge in [0, 0.05) is 43.5 Å². The lowest BCUT2D eigenvalue weighted by atomic mass is 9.91. The number of carbonyl (C=O) groups is 1. The van der Waals surface area contributed by atoms with Crippen LogP contribution in [0, 0.1) is 11.6 Å². The molecule has 0 saturated heterocycles. The Morgan fingerprint density at radius 1 is 1.44 bits per heavy atom. The molecule has 1 aliphatic carbocycles. The number of hydrogen-bond acceptors (Lipinski definition) is 3. The van der Waals surface area contributed by atoms with E-state index < -0.39 is 11.6 Å². The topological polar surface area (TPSA) is 50.2 Å². The molecule has 0 saturated carbocycles. The van der Waals surface area contributed by atoms with Crippen LogP contribution < -0.4 is 5.32 Å². The Balaban J connectivity index is 1.79. The first-order valence-electron chi connectivity index (χ1n) is 8.99. The fraction of sp³-hybridized carbons (Fsp3) is 0.400. The molecule has 0 radical (unpaired) electrons. The van der Waals surface area contributed by atoms with Gasteiger partial charge in [0.05, 0.1) is 6.54 Å². The van der Waals surface area contributed by atoms with Gasteiger partial charge in [-0.1, -0.05) is 6.08 Å². The van der Waals surface area contributed by atoms with Crippen LogP contribution in [0.4, 0.5) is 8.78 Å². The van der Waals surface area contributed by atoms with E-state index in [2.05, 4.69) is 17.0 Å². The molecule has 0 bridgehead atoms. The van der Waals surface area contributed by atoms with Crippen LogP contribution in [0.3, 0.4) is 0 Å². The molecule has 1 amide bonds. The molecule has 1 atom stereocenters. The third-order valence-corrected chi connectivity index (χ3v) is 4.85. The van der Waals surface area contributed by atoms with Crippen molar-refractivity contribution in [3.8, 4) is 0 Å². The summed E-state index contributed by atoms with van der Waals surface area (Å²) in [4.78, 5) is 14.0. The molecule has 144 valence electrons. The van der Waals surface area contributed by atoms with E-state index in [1.54, 1.807) is 20.2 Å². The van der Waals surface area contributed by atoms with Gasteiger partial charge in [0.25, 0.3) is 5.91 Å². The summed E-state index contributed by atoms with van der Waals surface area (Å²) in [7, 11) is 3.40. The number of nitrogens with zero attached hydrogens (tertiary/aromatic N) is 3. The number of carbonyl (C=O) groups excluding carboxylic acids is 1. The van der Waals surface area contributed by atoms with Gasteiger partial charge in [-0.3, -0.25) is 9.48 Å². The predicted molar refractivity (Wildman–Crippen MR) is 99.5 cm³/mol. The van der Waals surface area contributed by atoms with Crippen LogP contribution in [0.25, 0.3) is 0 Å². The minimum absolute atomic E-state index is 0.0651. The van der Waals surface area contributed by atoms with E-state index in [0.29, 0.717) is 24.2 Å². The maximum atomic E-state index is 13.8. The molecule has 0 spiro atoms. The van der Waals surface area contributed by atoms with Gasteiger partial charge in [-0.2, -0.15) is 5.10 Å². The standard InChI is InChI=1S/C20H24F2N4O/c1-4-9-26-18-8-6-15(11-16(18)19(24-26)20(27)25(2)3)23-12-13-10-14(21)5-7-17(13)22/h4-5,7,10,15,23H,1,6,8-9,11-12H2,2-3H3. The Labute approximate surface area is 157 Å². The van der Waals surface area contributed by atoms with E-state index in [1.807, 2.05) is 4.68 Å². The van der Waals surface area contributed by atoms with Crippen molar-refractivity contribution < 1.29 is 13.6 Å². The zero-order valence-corrected chi connectivity index (χ0v) is 15.6. The maximum Gasteiger partial charge on any atom is 0.274 e. The largest absolute Gasteiger partial charge is 0.343 e. The fourth-order valence-corrected chi connectivity index (χ4v) is 3.45. The number of benzene rings is 1. The molecule has 1 N–H and O–H groups in total. The highest BCUT2D eigenvalue weighted by atomic mass is 19.1. The minimum atomic E-state index is -0.455. The summed E-state index contributed by atoms with van der Waals surface area (Å²) in [5, 5.41) is 7.79. The van der Waals surface area contributed by atoms with Gasteiger partial charge < -0.3 is 10.2 Å². The summed E-state index contributed by atoms with van der Waals surface area (Å²) >= 11 is 0. The Morgan fingerprint density at radius 2 is 2.22 bits per heavy atom. The molecule has 1 aliphatic rings. The van der Waals surface area contributed by atoms with E-state index in [1.165, 1.54) is 11.0 Å². The van der Waals surface area contributed by atoms with Gasteiger partial charge in [-0.25, -0.2) is 8.78 Å². The normalized spacial score (nSPS) is 16.1. The predicted octanol–water partition coefficient (Wildman–Crippen LogP) is 2.70. The van der Waals surface area contributed by atoms with Gasteiger partial charge in [0.1, 0.15) is 11.6 Å². The van der Waals surface area contributed by atoms with E-state index in [4.69, 9.17) is 0 Å². The fourth-order valence-electron chi connectivity index (χ4n) is 3.45. The average molecular weight is 374 g/mol. The van der Waals surface area contributed by atoms with Gasteiger partial charge in [0.2, 0.25) is 0 Å². The zero-order valence-electron chi connectivity index (χ0n) is 15.6. The monoisotopic (exact) mass is 374 g/mol. The second-order valence-corrected chi connectivity index (χ2v) is 7.00. The van der Waals surface area contributed by atoms with Crippen LogP contribution in [-0.4, -0.2) is 40.7 Å². The average Bonchev–Trinajstić information content (AvgIpc) is 3.00. The molecule has 1 heterocycles. The number of amides is 1. The Morgan fingerprint density at radius 3 is 2.93 bits per heavy atom. The highest BCUT2D eigenvalue weighted by Gasteiger charge is 2.29. The lowest BCUT2D eigenvalue weighted by Gasteiger charge is -2.25. The van der Waals surface area contributed by atoms with E-state index in [-0.39, 0.29) is 18.5 Å².